The van der Waals surface area contributed by atoms with Gasteiger partial charge in [0.15, 0.2) is 0 Å². The molecule has 2 rings (SSSR count). The molecule has 0 unspecified atom stereocenters. The lowest BCUT2D eigenvalue weighted by molar-refractivity contribution is 0.838. The summed E-state index contributed by atoms with van der Waals surface area (Å²) in [5.41, 5.74) is 2.89. The highest BCUT2D eigenvalue weighted by Gasteiger charge is 2.03. The van der Waals surface area contributed by atoms with Crippen LogP contribution in [0.1, 0.15) is 18.5 Å². The molecule has 1 heterocycles. The van der Waals surface area contributed by atoms with Crippen LogP contribution in [0.4, 0.5) is 5.82 Å². The summed E-state index contributed by atoms with van der Waals surface area (Å²) in [5.74, 6) is 2.14. The quantitative estimate of drug-likeness (QED) is 0.808. The first-order valence-corrected chi connectivity index (χ1v) is 7.67. The SMILES string of the molecule is CSCCCCNc1nc2ccccc2nc1C. The van der Waals surface area contributed by atoms with Gasteiger partial charge in [-0.05, 0) is 43.9 Å². The molecule has 1 aromatic heterocycles. The van der Waals surface area contributed by atoms with Crippen molar-refractivity contribution in [1.29, 1.82) is 0 Å². The van der Waals surface area contributed by atoms with Crippen LogP contribution in [0.2, 0.25) is 0 Å². The Balaban J connectivity index is 2.01. The topological polar surface area (TPSA) is 37.8 Å². The molecule has 4 heteroatoms. The molecule has 0 amide bonds. The fourth-order valence-electron chi connectivity index (χ4n) is 1.83. The minimum absolute atomic E-state index is 0.915. The van der Waals surface area contributed by atoms with Gasteiger partial charge in [-0.1, -0.05) is 12.1 Å². The summed E-state index contributed by atoms with van der Waals surface area (Å²) in [4.78, 5) is 9.18. The number of unbranched alkanes of at least 4 members (excludes halogenated alkanes) is 1. The fraction of sp³-hybridized carbons (Fsp3) is 0.429. The Morgan fingerprint density at radius 1 is 1.11 bits per heavy atom. The van der Waals surface area contributed by atoms with Crippen molar-refractivity contribution in [3.63, 3.8) is 0 Å². The number of hydrogen-bond acceptors (Lipinski definition) is 4. The highest BCUT2D eigenvalue weighted by molar-refractivity contribution is 7.98. The van der Waals surface area contributed by atoms with Crippen molar-refractivity contribution in [2.75, 3.05) is 23.9 Å². The number of anilines is 1. The maximum Gasteiger partial charge on any atom is 0.148 e. The van der Waals surface area contributed by atoms with Gasteiger partial charge in [0.25, 0.3) is 0 Å². The second-order valence-corrected chi connectivity index (χ2v) is 5.26. The number of aromatic nitrogens is 2. The minimum atomic E-state index is 0.915. The summed E-state index contributed by atoms with van der Waals surface area (Å²) in [7, 11) is 0. The molecule has 0 aliphatic carbocycles. The van der Waals surface area contributed by atoms with Gasteiger partial charge in [-0.25, -0.2) is 9.97 Å². The van der Waals surface area contributed by atoms with Gasteiger partial charge in [-0.2, -0.15) is 11.8 Å². The average Bonchev–Trinajstić information content (AvgIpc) is 2.39. The molecule has 0 spiro atoms. The van der Waals surface area contributed by atoms with Crippen molar-refractivity contribution < 1.29 is 0 Å². The number of aryl methyl sites for hydroxylation is 1. The molecule has 18 heavy (non-hydrogen) atoms. The lowest BCUT2D eigenvalue weighted by Gasteiger charge is -2.09. The molecule has 0 fully saturated rings. The van der Waals surface area contributed by atoms with Crippen molar-refractivity contribution in [2.45, 2.75) is 19.8 Å². The van der Waals surface area contributed by atoms with Crippen LogP contribution in [0, 0.1) is 6.92 Å². The Morgan fingerprint density at radius 2 is 1.83 bits per heavy atom. The van der Waals surface area contributed by atoms with Crippen LogP contribution in [0.5, 0.6) is 0 Å². The molecule has 0 saturated carbocycles. The van der Waals surface area contributed by atoms with E-state index in [1.165, 1.54) is 18.6 Å². The van der Waals surface area contributed by atoms with Crippen LogP contribution >= 0.6 is 11.8 Å². The Bertz CT molecular complexity index is 513. The normalized spacial score (nSPS) is 10.8. The molecule has 3 nitrogen and oxygen atoms in total. The molecular weight excluding hydrogens is 242 g/mol. The zero-order chi connectivity index (χ0) is 12.8. The molecule has 0 radical (unpaired) electrons. The Labute approximate surface area is 112 Å². The van der Waals surface area contributed by atoms with Crippen molar-refractivity contribution in [3.8, 4) is 0 Å². The van der Waals surface area contributed by atoms with Gasteiger partial charge in [0, 0.05) is 6.54 Å². The molecule has 1 aromatic carbocycles. The van der Waals surface area contributed by atoms with Gasteiger partial charge in [0.05, 0.1) is 16.7 Å². The number of rotatable bonds is 6. The van der Waals surface area contributed by atoms with Crippen LogP contribution in [0.3, 0.4) is 0 Å². The second kappa shape index (κ2) is 6.59. The first-order chi connectivity index (χ1) is 8.81. The Kier molecular flexibility index (Phi) is 4.81. The number of benzene rings is 1. The lowest BCUT2D eigenvalue weighted by atomic mass is 10.3. The molecule has 0 bridgehead atoms. The van der Waals surface area contributed by atoms with Crippen molar-refractivity contribution in [1.82, 2.24) is 9.97 Å². The van der Waals surface area contributed by atoms with Crippen LogP contribution < -0.4 is 5.32 Å². The smallest absolute Gasteiger partial charge is 0.148 e. The van der Waals surface area contributed by atoms with E-state index in [0.717, 1.165) is 29.1 Å². The van der Waals surface area contributed by atoms with Crippen LogP contribution in [-0.2, 0) is 0 Å². The molecule has 0 atom stereocenters. The van der Waals surface area contributed by atoms with E-state index in [-0.39, 0.29) is 0 Å². The summed E-state index contributed by atoms with van der Waals surface area (Å²) in [6.07, 6.45) is 4.56. The third kappa shape index (κ3) is 3.35. The fourth-order valence-corrected chi connectivity index (χ4v) is 2.33. The number of thioether (sulfide) groups is 1. The van der Waals surface area contributed by atoms with E-state index in [0.29, 0.717) is 0 Å². The largest absolute Gasteiger partial charge is 0.369 e. The zero-order valence-corrected chi connectivity index (χ0v) is 11.8. The van der Waals surface area contributed by atoms with E-state index in [9.17, 15) is 0 Å². The Hall–Kier alpha value is -1.29. The van der Waals surface area contributed by atoms with Gasteiger partial charge in [0.1, 0.15) is 5.82 Å². The monoisotopic (exact) mass is 261 g/mol. The zero-order valence-electron chi connectivity index (χ0n) is 10.9. The van der Waals surface area contributed by atoms with Crippen molar-refractivity contribution in [3.05, 3.63) is 30.0 Å². The molecular formula is C14H19N3S. The maximum atomic E-state index is 4.61. The van der Waals surface area contributed by atoms with E-state index in [1.54, 1.807) is 0 Å². The van der Waals surface area contributed by atoms with E-state index in [1.807, 2.05) is 43.0 Å². The summed E-state index contributed by atoms with van der Waals surface area (Å²) in [6, 6.07) is 7.98. The third-order valence-electron chi connectivity index (χ3n) is 2.81. The van der Waals surface area contributed by atoms with Gasteiger partial charge in [0.2, 0.25) is 0 Å². The predicted molar refractivity (Wildman–Crippen MR) is 80.4 cm³/mol. The van der Waals surface area contributed by atoms with E-state index in [2.05, 4.69) is 21.5 Å². The van der Waals surface area contributed by atoms with Crippen molar-refractivity contribution >= 4 is 28.6 Å². The minimum Gasteiger partial charge on any atom is -0.369 e. The summed E-state index contributed by atoms with van der Waals surface area (Å²) in [5, 5.41) is 3.38. The average molecular weight is 261 g/mol. The van der Waals surface area contributed by atoms with Gasteiger partial charge >= 0.3 is 0 Å². The first-order valence-electron chi connectivity index (χ1n) is 6.27. The number of hydrogen-bond donors (Lipinski definition) is 1. The van der Waals surface area contributed by atoms with Gasteiger partial charge in [-0.3, -0.25) is 0 Å². The van der Waals surface area contributed by atoms with Gasteiger partial charge in [-0.15, -0.1) is 0 Å². The first kappa shape index (κ1) is 13.1. The molecule has 2 aromatic rings. The molecule has 0 aliphatic rings. The number of para-hydroxylation sites is 2. The van der Waals surface area contributed by atoms with Gasteiger partial charge < -0.3 is 5.32 Å². The van der Waals surface area contributed by atoms with Crippen LogP contribution in [0.15, 0.2) is 24.3 Å². The third-order valence-corrected chi connectivity index (χ3v) is 3.51. The van der Waals surface area contributed by atoms with Crippen LogP contribution in [-0.4, -0.2) is 28.5 Å². The molecule has 1 N–H and O–H groups in total. The standard InChI is InChI=1S/C14H19N3S/c1-11-14(15-9-5-6-10-18-2)17-13-8-4-3-7-12(13)16-11/h3-4,7-8H,5-6,9-10H2,1-2H3,(H,15,17). The molecule has 0 aliphatic heterocycles. The van der Waals surface area contributed by atoms with E-state index >= 15 is 0 Å². The summed E-state index contributed by atoms with van der Waals surface area (Å²) in [6.45, 7) is 2.97. The number of nitrogens with zero attached hydrogens (tertiary/aromatic N) is 2. The maximum absolute atomic E-state index is 4.61. The van der Waals surface area contributed by atoms with Crippen molar-refractivity contribution in [2.24, 2.45) is 0 Å². The predicted octanol–water partition coefficient (Wildman–Crippen LogP) is 3.49. The lowest BCUT2D eigenvalue weighted by Crippen LogP contribution is -2.06. The molecule has 96 valence electrons. The van der Waals surface area contributed by atoms with E-state index < -0.39 is 0 Å². The highest BCUT2D eigenvalue weighted by Crippen LogP contribution is 2.15. The second-order valence-electron chi connectivity index (χ2n) is 4.27. The number of nitrogens with one attached hydrogen (secondary N) is 1. The Morgan fingerprint density at radius 3 is 2.56 bits per heavy atom. The van der Waals surface area contributed by atoms with Crippen LogP contribution in [0.25, 0.3) is 11.0 Å². The van der Waals surface area contributed by atoms with E-state index in [4.69, 9.17) is 0 Å². The number of fused-ring (bicyclic) bond motifs is 1. The summed E-state index contributed by atoms with van der Waals surface area (Å²) < 4.78 is 0. The summed E-state index contributed by atoms with van der Waals surface area (Å²) >= 11 is 1.90. The highest BCUT2D eigenvalue weighted by atomic mass is 32.2. The molecule has 0 saturated heterocycles.